The van der Waals surface area contributed by atoms with Crippen molar-refractivity contribution in [2.24, 2.45) is 23.0 Å². The van der Waals surface area contributed by atoms with E-state index in [4.69, 9.17) is 10.8 Å². The van der Waals surface area contributed by atoms with Gasteiger partial charge in [0.15, 0.2) is 0 Å². The molecule has 1 aliphatic rings. The number of carbonyl (C=O) groups excluding carboxylic acids is 2. The van der Waals surface area contributed by atoms with E-state index in [0.717, 1.165) is 0 Å². The predicted molar refractivity (Wildman–Crippen MR) is 72.0 cm³/mol. The van der Waals surface area contributed by atoms with Gasteiger partial charge in [-0.3, -0.25) is 14.4 Å². The minimum absolute atomic E-state index is 0.325. The number of hydrogen-bond acceptors (Lipinski definition) is 3. The predicted octanol–water partition coefficient (Wildman–Crippen LogP) is 1.08. The van der Waals surface area contributed by atoms with E-state index in [-0.39, 0.29) is 5.91 Å². The number of nitrogens with two attached hydrogens (primary N) is 1. The third-order valence-electron chi connectivity index (χ3n) is 3.81. The molecular weight excluding hydrogens is 260 g/mol. The van der Waals surface area contributed by atoms with Crippen molar-refractivity contribution in [2.75, 3.05) is 5.32 Å². The number of carboxylic acids is 1. The van der Waals surface area contributed by atoms with E-state index in [0.29, 0.717) is 11.3 Å². The maximum absolute atomic E-state index is 12.1. The molecule has 0 heterocycles. The first-order chi connectivity index (χ1) is 9.25. The molecule has 1 aromatic rings. The van der Waals surface area contributed by atoms with Crippen molar-refractivity contribution < 1.29 is 19.5 Å². The summed E-state index contributed by atoms with van der Waals surface area (Å²) in [6, 6.07) is 6.13. The molecular formula is C14H16N2O4. The Morgan fingerprint density at radius 3 is 2.10 bits per heavy atom. The summed E-state index contributed by atoms with van der Waals surface area (Å²) in [5.74, 6) is -3.03. The Kier molecular flexibility index (Phi) is 3.25. The molecule has 20 heavy (non-hydrogen) atoms. The summed E-state index contributed by atoms with van der Waals surface area (Å²) < 4.78 is 0. The first-order valence-electron chi connectivity index (χ1n) is 6.18. The Morgan fingerprint density at radius 2 is 1.70 bits per heavy atom. The monoisotopic (exact) mass is 276 g/mol. The third-order valence-corrected chi connectivity index (χ3v) is 3.81. The van der Waals surface area contributed by atoms with Gasteiger partial charge in [-0.2, -0.15) is 0 Å². The van der Waals surface area contributed by atoms with Crippen molar-refractivity contribution in [3.8, 4) is 0 Å². The summed E-state index contributed by atoms with van der Waals surface area (Å²) in [4.78, 5) is 34.0. The molecule has 0 aliphatic heterocycles. The number of anilines is 1. The van der Waals surface area contributed by atoms with Crippen molar-refractivity contribution in [3.63, 3.8) is 0 Å². The number of nitrogens with one attached hydrogen (secondary N) is 1. The highest BCUT2D eigenvalue weighted by atomic mass is 16.4. The lowest BCUT2D eigenvalue weighted by molar-refractivity contribution is -0.140. The molecule has 2 rings (SSSR count). The molecule has 1 aliphatic carbocycles. The van der Waals surface area contributed by atoms with Crippen LogP contribution in [0.15, 0.2) is 24.3 Å². The van der Waals surface area contributed by atoms with Gasteiger partial charge in [-0.25, -0.2) is 0 Å². The molecule has 0 bridgehead atoms. The fourth-order valence-electron chi connectivity index (χ4n) is 2.53. The quantitative estimate of drug-likeness (QED) is 0.764. The Labute approximate surface area is 116 Å². The number of primary amides is 1. The highest BCUT2D eigenvalue weighted by molar-refractivity contribution is 6.00. The summed E-state index contributed by atoms with van der Waals surface area (Å²) in [7, 11) is 0. The summed E-state index contributed by atoms with van der Waals surface area (Å²) >= 11 is 0. The molecule has 0 spiro atoms. The Hall–Kier alpha value is -2.37. The fourth-order valence-corrected chi connectivity index (χ4v) is 2.53. The minimum Gasteiger partial charge on any atom is -0.481 e. The first kappa shape index (κ1) is 14.0. The number of amides is 2. The Morgan fingerprint density at radius 1 is 1.15 bits per heavy atom. The first-order valence-corrected chi connectivity index (χ1v) is 6.18. The number of carbonyl (C=O) groups is 3. The minimum atomic E-state index is -0.959. The van der Waals surface area contributed by atoms with Gasteiger partial charge in [-0.05, 0) is 29.7 Å². The lowest BCUT2D eigenvalue weighted by atomic mass is 10.1. The molecule has 2 amide bonds. The Balaban J connectivity index is 2.06. The summed E-state index contributed by atoms with van der Waals surface area (Å²) in [6.45, 7) is 3.51. The van der Waals surface area contributed by atoms with Gasteiger partial charge in [-0.15, -0.1) is 0 Å². The molecule has 106 valence electrons. The molecule has 1 fully saturated rings. The van der Waals surface area contributed by atoms with E-state index in [9.17, 15) is 14.4 Å². The van der Waals surface area contributed by atoms with Crippen LogP contribution in [-0.4, -0.2) is 22.9 Å². The van der Waals surface area contributed by atoms with Crippen LogP contribution in [0.2, 0.25) is 0 Å². The number of hydrogen-bond donors (Lipinski definition) is 3. The van der Waals surface area contributed by atoms with Crippen LogP contribution in [0.3, 0.4) is 0 Å². The molecule has 6 heteroatoms. The summed E-state index contributed by atoms with van der Waals surface area (Å²) in [6.07, 6.45) is 0. The van der Waals surface area contributed by atoms with E-state index < -0.39 is 29.1 Å². The lowest BCUT2D eigenvalue weighted by Gasteiger charge is -2.06. The second-order valence-corrected chi connectivity index (χ2v) is 5.55. The largest absolute Gasteiger partial charge is 0.481 e. The van der Waals surface area contributed by atoms with Crippen molar-refractivity contribution in [2.45, 2.75) is 13.8 Å². The molecule has 0 unspecified atom stereocenters. The molecule has 2 atom stereocenters. The molecule has 0 aromatic heterocycles. The summed E-state index contributed by atoms with van der Waals surface area (Å²) in [5.41, 5.74) is 5.43. The van der Waals surface area contributed by atoms with Gasteiger partial charge in [0, 0.05) is 11.3 Å². The topological polar surface area (TPSA) is 109 Å². The van der Waals surface area contributed by atoms with Crippen LogP contribution in [0.4, 0.5) is 5.69 Å². The van der Waals surface area contributed by atoms with Crippen LogP contribution in [0.1, 0.15) is 24.2 Å². The van der Waals surface area contributed by atoms with E-state index in [1.807, 2.05) is 0 Å². The van der Waals surface area contributed by atoms with Gasteiger partial charge in [-0.1, -0.05) is 13.8 Å². The number of benzene rings is 1. The number of aliphatic carboxylic acids is 1. The zero-order valence-electron chi connectivity index (χ0n) is 11.2. The van der Waals surface area contributed by atoms with Crippen molar-refractivity contribution >= 4 is 23.5 Å². The molecule has 1 saturated carbocycles. The van der Waals surface area contributed by atoms with Crippen LogP contribution >= 0.6 is 0 Å². The fraction of sp³-hybridized carbons (Fsp3) is 0.357. The highest BCUT2D eigenvalue weighted by Crippen LogP contribution is 2.58. The maximum atomic E-state index is 12.1. The van der Waals surface area contributed by atoms with E-state index in [2.05, 4.69) is 5.32 Å². The Bertz CT molecular complexity index is 577. The van der Waals surface area contributed by atoms with Gasteiger partial charge in [0.2, 0.25) is 11.8 Å². The second-order valence-electron chi connectivity index (χ2n) is 5.55. The van der Waals surface area contributed by atoms with Crippen LogP contribution in [0, 0.1) is 17.3 Å². The van der Waals surface area contributed by atoms with Gasteiger partial charge in [0.05, 0.1) is 11.8 Å². The SMILES string of the molecule is CC1(C)[C@H](C(=O)O)[C@H]1C(=O)Nc1ccc(C(N)=O)cc1. The second kappa shape index (κ2) is 4.63. The van der Waals surface area contributed by atoms with Gasteiger partial charge in [0.25, 0.3) is 0 Å². The lowest BCUT2D eigenvalue weighted by Crippen LogP contribution is -2.18. The third kappa shape index (κ3) is 2.36. The van der Waals surface area contributed by atoms with E-state index in [1.54, 1.807) is 26.0 Å². The molecule has 4 N–H and O–H groups in total. The van der Waals surface area contributed by atoms with Gasteiger partial charge < -0.3 is 16.2 Å². The summed E-state index contributed by atoms with van der Waals surface area (Å²) in [5, 5.41) is 11.7. The normalized spacial score (nSPS) is 22.9. The van der Waals surface area contributed by atoms with Crippen molar-refractivity contribution in [3.05, 3.63) is 29.8 Å². The van der Waals surface area contributed by atoms with Gasteiger partial charge >= 0.3 is 5.97 Å². The molecule has 6 nitrogen and oxygen atoms in total. The highest BCUT2D eigenvalue weighted by Gasteiger charge is 2.65. The van der Waals surface area contributed by atoms with Crippen molar-refractivity contribution in [1.82, 2.24) is 0 Å². The van der Waals surface area contributed by atoms with Gasteiger partial charge in [0.1, 0.15) is 0 Å². The smallest absolute Gasteiger partial charge is 0.307 e. The van der Waals surface area contributed by atoms with E-state index in [1.165, 1.54) is 12.1 Å². The zero-order valence-corrected chi connectivity index (χ0v) is 11.2. The van der Waals surface area contributed by atoms with Crippen LogP contribution in [0.5, 0.6) is 0 Å². The van der Waals surface area contributed by atoms with Crippen LogP contribution in [-0.2, 0) is 9.59 Å². The van der Waals surface area contributed by atoms with Crippen molar-refractivity contribution in [1.29, 1.82) is 0 Å². The van der Waals surface area contributed by atoms with Crippen LogP contribution < -0.4 is 11.1 Å². The zero-order chi connectivity index (χ0) is 15.1. The van der Waals surface area contributed by atoms with E-state index >= 15 is 0 Å². The standard InChI is InChI=1S/C14H16N2O4/c1-14(2)9(10(14)13(19)20)12(18)16-8-5-3-7(4-6-8)11(15)17/h3-6,9-10H,1-2H3,(H2,15,17)(H,16,18)(H,19,20)/t9-,10-/m0/s1. The number of rotatable bonds is 4. The molecule has 0 saturated heterocycles. The molecule has 1 aromatic carbocycles. The number of carboxylic acid groups (broad SMARTS) is 1. The average molecular weight is 276 g/mol. The molecule has 0 radical (unpaired) electrons. The average Bonchev–Trinajstić information content (AvgIpc) is 2.93. The maximum Gasteiger partial charge on any atom is 0.307 e. The van der Waals surface area contributed by atoms with Crippen LogP contribution in [0.25, 0.3) is 0 Å².